The zero-order chi connectivity index (χ0) is 11.0. The van der Waals surface area contributed by atoms with E-state index in [1.807, 2.05) is 0 Å². The van der Waals surface area contributed by atoms with Gasteiger partial charge in [-0.05, 0) is 24.4 Å². The lowest BCUT2D eigenvalue weighted by molar-refractivity contribution is 1.23. The van der Waals surface area contributed by atoms with Crippen LogP contribution in [0.25, 0.3) is 21.5 Å². The van der Waals surface area contributed by atoms with Gasteiger partial charge in [0.05, 0.1) is 5.69 Å². The SMILES string of the molecule is Cc1cccc(-c2ncnc3sccc23)c1. The normalized spacial score (nSPS) is 10.8. The lowest BCUT2D eigenvalue weighted by Gasteiger charge is -2.02. The fraction of sp³-hybridized carbons (Fsp3) is 0.0769. The maximum Gasteiger partial charge on any atom is 0.127 e. The van der Waals surface area contributed by atoms with Gasteiger partial charge in [0.2, 0.25) is 0 Å². The maximum absolute atomic E-state index is 4.39. The molecule has 0 amide bonds. The molecule has 2 heterocycles. The van der Waals surface area contributed by atoms with Gasteiger partial charge in [-0.15, -0.1) is 11.3 Å². The molecule has 0 saturated heterocycles. The lowest BCUT2D eigenvalue weighted by atomic mass is 10.1. The molecule has 0 aliphatic rings. The molecule has 3 heteroatoms. The highest BCUT2D eigenvalue weighted by molar-refractivity contribution is 7.16. The van der Waals surface area contributed by atoms with Crippen LogP contribution >= 0.6 is 11.3 Å². The van der Waals surface area contributed by atoms with Gasteiger partial charge in [0.15, 0.2) is 0 Å². The topological polar surface area (TPSA) is 25.8 Å². The fourth-order valence-electron chi connectivity index (χ4n) is 1.81. The molecule has 0 bridgehead atoms. The standard InChI is InChI=1S/C13H10N2S/c1-9-3-2-4-10(7-9)12-11-5-6-16-13(11)15-8-14-12/h2-8H,1H3. The number of rotatable bonds is 1. The van der Waals surface area contributed by atoms with Crippen molar-refractivity contribution in [3.8, 4) is 11.3 Å². The summed E-state index contributed by atoms with van der Waals surface area (Å²) in [4.78, 5) is 9.69. The minimum Gasteiger partial charge on any atom is -0.236 e. The second-order valence-electron chi connectivity index (χ2n) is 3.73. The predicted molar refractivity (Wildman–Crippen MR) is 67.6 cm³/mol. The van der Waals surface area contributed by atoms with Crippen molar-refractivity contribution in [3.05, 3.63) is 47.6 Å². The third-order valence-corrected chi connectivity index (χ3v) is 3.37. The Labute approximate surface area is 97.6 Å². The van der Waals surface area contributed by atoms with E-state index < -0.39 is 0 Å². The Hall–Kier alpha value is -1.74. The molecule has 0 fully saturated rings. The first-order chi connectivity index (χ1) is 7.84. The first kappa shape index (κ1) is 9.48. The number of aryl methyl sites for hydroxylation is 1. The van der Waals surface area contributed by atoms with E-state index in [1.165, 1.54) is 5.56 Å². The van der Waals surface area contributed by atoms with Crippen molar-refractivity contribution in [3.63, 3.8) is 0 Å². The van der Waals surface area contributed by atoms with Gasteiger partial charge in [0, 0.05) is 10.9 Å². The van der Waals surface area contributed by atoms with Gasteiger partial charge in [-0.2, -0.15) is 0 Å². The molecule has 0 N–H and O–H groups in total. The number of aromatic nitrogens is 2. The van der Waals surface area contributed by atoms with Crippen molar-refractivity contribution in [1.82, 2.24) is 9.97 Å². The van der Waals surface area contributed by atoms with E-state index in [2.05, 4.69) is 52.6 Å². The van der Waals surface area contributed by atoms with Crippen LogP contribution in [0, 0.1) is 6.92 Å². The van der Waals surface area contributed by atoms with Crippen molar-refractivity contribution < 1.29 is 0 Å². The van der Waals surface area contributed by atoms with Crippen LogP contribution in [0.4, 0.5) is 0 Å². The fourth-order valence-corrected chi connectivity index (χ4v) is 2.55. The van der Waals surface area contributed by atoms with Gasteiger partial charge >= 0.3 is 0 Å². The summed E-state index contributed by atoms with van der Waals surface area (Å²) in [6, 6.07) is 10.5. The highest BCUT2D eigenvalue weighted by atomic mass is 32.1. The van der Waals surface area contributed by atoms with Crippen LogP contribution in [-0.4, -0.2) is 9.97 Å². The lowest BCUT2D eigenvalue weighted by Crippen LogP contribution is -1.86. The van der Waals surface area contributed by atoms with Crippen molar-refractivity contribution in [2.75, 3.05) is 0 Å². The van der Waals surface area contributed by atoms with Crippen molar-refractivity contribution in [2.45, 2.75) is 6.92 Å². The Morgan fingerprint density at radius 3 is 2.94 bits per heavy atom. The predicted octanol–water partition coefficient (Wildman–Crippen LogP) is 3.67. The third-order valence-electron chi connectivity index (χ3n) is 2.55. The molecule has 0 atom stereocenters. The van der Waals surface area contributed by atoms with Crippen LogP contribution in [0.1, 0.15) is 5.56 Å². The van der Waals surface area contributed by atoms with Crippen LogP contribution < -0.4 is 0 Å². The Bertz CT molecular complexity index is 643. The van der Waals surface area contributed by atoms with Crippen molar-refractivity contribution in [2.24, 2.45) is 0 Å². The highest BCUT2D eigenvalue weighted by Gasteiger charge is 2.06. The summed E-state index contributed by atoms with van der Waals surface area (Å²) in [7, 11) is 0. The van der Waals surface area contributed by atoms with Crippen LogP contribution in [0.15, 0.2) is 42.0 Å². The van der Waals surface area contributed by atoms with Gasteiger partial charge in [0.1, 0.15) is 11.2 Å². The number of nitrogens with zero attached hydrogens (tertiary/aromatic N) is 2. The van der Waals surface area contributed by atoms with Gasteiger partial charge in [0.25, 0.3) is 0 Å². The van der Waals surface area contributed by atoms with Gasteiger partial charge in [-0.25, -0.2) is 9.97 Å². The largest absolute Gasteiger partial charge is 0.236 e. The molecule has 0 radical (unpaired) electrons. The number of thiophene rings is 1. The van der Waals surface area contributed by atoms with E-state index in [1.54, 1.807) is 17.7 Å². The van der Waals surface area contributed by atoms with Crippen molar-refractivity contribution >= 4 is 21.6 Å². The first-order valence-corrected chi connectivity index (χ1v) is 5.98. The molecule has 2 nitrogen and oxygen atoms in total. The summed E-state index contributed by atoms with van der Waals surface area (Å²) in [5.74, 6) is 0. The molecule has 1 aromatic carbocycles. The average molecular weight is 226 g/mol. The summed E-state index contributed by atoms with van der Waals surface area (Å²) < 4.78 is 0. The number of fused-ring (bicyclic) bond motifs is 1. The Morgan fingerprint density at radius 1 is 1.12 bits per heavy atom. The summed E-state index contributed by atoms with van der Waals surface area (Å²) in [5.41, 5.74) is 3.43. The molecule has 3 aromatic rings. The Kier molecular flexibility index (Phi) is 2.18. The van der Waals surface area contributed by atoms with Crippen LogP contribution in [0.3, 0.4) is 0 Å². The summed E-state index contributed by atoms with van der Waals surface area (Å²) in [5, 5.41) is 3.19. The minimum atomic E-state index is 1.02. The zero-order valence-electron chi connectivity index (χ0n) is 8.84. The van der Waals surface area contributed by atoms with Crippen LogP contribution in [0.2, 0.25) is 0 Å². The number of benzene rings is 1. The first-order valence-electron chi connectivity index (χ1n) is 5.10. The Balaban J connectivity index is 2.29. The quantitative estimate of drug-likeness (QED) is 0.632. The van der Waals surface area contributed by atoms with Gasteiger partial charge < -0.3 is 0 Å². The molecule has 0 spiro atoms. The summed E-state index contributed by atoms with van der Waals surface area (Å²) in [6.07, 6.45) is 1.64. The summed E-state index contributed by atoms with van der Waals surface area (Å²) in [6.45, 7) is 2.09. The second-order valence-corrected chi connectivity index (χ2v) is 4.63. The molecular weight excluding hydrogens is 216 g/mol. The molecule has 0 saturated carbocycles. The number of hydrogen-bond acceptors (Lipinski definition) is 3. The van der Waals surface area contributed by atoms with Gasteiger partial charge in [-0.3, -0.25) is 0 Å². The monoisotopic (exact) mass is 226 g/mol. The Morgan fingerprint density at radius 2 is 2.06 bits per heavy atom. The van der Waals surface area contributed by atoms with E-state index >= 15 is 0 Å². The van der Waals surface area contributed by atoms with Gasteiger partial charge in [-0.1, -0.05) is 23.8 Å². The van der Waals surface area contributed by atoms with E-state index in [0.29, 0.717) is 0 Å². The van der Waals surface area contributed by atoms with E-state index in [9.17, 15) is 0 Å². The van der Waals surface area contributed by atoms with E-state index in [-0.39, 0.29) is 0 Å². The number of hydrogen-bond donors (Lipinski definition) is 0. The van der Waals surface area contributed by atoms with E-state index in [0.717, 1.165) is 21.5 Å². The van der Waals surface area contributed by atoms with E-state index in [4.69, 9.17) is 0 Å². The molecule has 0 aliphatic heterocycles. The molecular formula is C13H10N2S. The third kappa shape index (κ3) is 1.49. The highest BCUT2D eigenvalue weighted by Crippen LogP contribution is 2.28. The maximum atomic E-state index is 4.39. The smallest absolute Gasteiger partial charge is 0.127 e. The minimum absolute atomic E-state index is 1.02. The van der Waals surface area contributed by atoms with Crippen LogP contribution in [0.5, 0.6) is 0 Å². The molecule has 16 heavy (non-hydrogen) atoms. The molecule has 78 valence electrons. The molecule has 0 aliphatic carbocycles. The van der Waals surface area contributed by atoms with Crippen LogP contribution in [-0.2, 0) is 0 Å². The molecule has 2 aromatic heterocycles. The van der Waals surface area contributed by atoms with Crippen molar-refractivity contribution in [1.29, 1.82) is 0 Å². The average Bonchev–Trinajstić information content (AvgIpc) is 2.76. The molecule has 3 rings (SSSR count). The summed E-state index contributed by atoms with van der Waals surface area (Å²) >= 11 is 1.65. The second kappa shape index (κ2) is 3.68. The molecule has 0 unspecified atom stereocenters. The zero-order valence-corrected chi connectivity index (χ0v) is 9.66.